The van der Waals surface area contributed by atoms with Crippen molar-refractivity contribution in [1.29, 1.82) is 0 Å². The molecular weight excluding hydrogens is 284 g/mol. The van der Waals surface area contributed by atoms with Gasteiger partial charge in [0.25, 0.3) is 0 Å². The molecule has 1 saturated carbocycles. The first-order valence-electron chi connectivity index (χ1n) is 7.01. The van der Waals surface area contributed by atoms with Crippen LogP contribution in [0.4, 0.5) is 0 Å². The van der Waals surface area contributed by atoms with Crippen molar-refractivity contribution in [2.24, 2.45) is 0 Å². The lowest BCUT2D eigenvalue weighted by atomic mass is 10.2. The Morgan fingerprint density at radius 2 is 2.14 bits per heavy atom. The Balaban J connectivity index is 1.61. The summed E-state index contributed by atoms with van der Waals surface area (Å²) in [4.78, 5) is 16.6. The molecule has 0 bridgehead atoms. The quantitative estimate of drug-likeness (QED) is 0.892. The molecule has 4 nitrogen and oxygen atoms in total. The van der Waals surface area contributed by atoms with E-state index in [1.807, 2.05) is 35.7 Å². The zero-order valence-electron chi connectivity index (χ0n) is 12.0. The molecule has 3 rings (SSSR count). The van der Waals surface area contributed by atoms with E-state index in [1.165, 1.54) is 11.3 Å². The van der Waals surface area contributed by atoms with E-state index < -0.39 is 0 Å². The topological polar surface area (TPSA) is 51.2 Å². The van der Waals surface area contributed by atoms with Crippen molar-refractivity contribution >= 4 is 17.2 Å². The molecule has 0 atom stereocenters. The minimum Gasteiger partial charge on any atom is -0.382 e. The molecule has 1 aromatic heterocycles. The molecule has 0 unspecified atom stereocenters. The summed E-state index contributed by atoms with van der Waals surface area (Å²) in [7, 11) is 1.67. The largest absolute Gasteiger partial charge is 0.382 e. The summed E-state index contributed by atoms with van der Waals surface area (Å²) in [6, 6.07) is 10.0. The van der Waals surface area contributed by atoms with E-state index in [-0.39, 0.29) is 11.4 Å². The van der Waals surface area contributed by atoms with Crippen LogP contribution in [0, 0.1) is 0 Å². The van der Waals surface area contributed by atoms with Gasteiger partial charge in [0, 0.05) is 18.1 Å². The first-order valence-corrected chi connectivity index (χ1v) is 7.88. The molecule has 0 radical (unpaired) electrons. The Morgan fingerprint density at radius 1 is 1.38 bits per heavy atom. The van der Waals surface area contributed by atoms with Crippen LogP contribution in [0.15, 0.2) is 35.7 Å². The van der Waals surface area contributed by atoms with E-state index in [4.69, 9.17) is 4.74 Å². The van der Waals surface area contributed by atoms with Gasteiger partial charge in [-0.2, -0.15) is 0 Å². The summed E-state index contributed by atoms with van der Waals surface area (Å²) in [6.45, 7) is 0.589. The van der Waals surface area contributed by atoms with Gasteiger partial charge in [0.05, 0.1) is 24.3 Å². The number of aromatic nitrogens is 1. The van der Waals surface area contributed by atoms with E-state index >= 15 is 0 Å². The van der Waals surface area contributed by atoms with Gasteiger partial charge in [0.2, 0.25) is 5.91 Å². The first kappa shape index (κ1) is 14.2. The second kappa shape index (κ2) is 5.95. The Hall–Kier alpha value is -1.72. The molecule has 0 spiro atoms. The number of carbonyl (C=O) groups is 1. The molecule has 0 saturated heterocycles. The number of thiazole rings is 1. The van der Waals surface area contributed by atoms with E-state index in [0.29, 0.717) is 13.0 Å². The summed E-state index contributed by atoms with van der Waals surface area (Å²) >= 11 is 1.53. The van der Waals surface area contributed by atoms with Crippen LogP contribution < -0.4 is 5.32 Å². The van der Waals surface area contributed by atoms with Gasteiger partial charge in [-0.25, -0.2) is 4.98 Å². The zero-order chi connectivity index (χ0) is 14.7. The molecule has 0 aliphatic heterocycles. The molecule has 5 heteroatoms. The fourth-order valence-corrected chi connectivity index (χ4v) is 3.15. The molecule has 1 heterocycles. The molecule has 2 aromatic rings. The third-order valence-electron chi connectivity index (χ3n) is 3.61. The van der Waals surface area contributed by atoms with Crippen LogP contribution >= 0.6 is 11.3 Å². The lowest BCUT2D eigenvalue weighted by Gasteiger charge is -2.15. The fraction of sp³-hybridized carbons (Fsp3) is 0.375. The van der Waals surface area contributed by atoms with Gasteiger partial charge < -0.3 is 10.1 Å². The molecule has 1 aliphatic rings. The summed E-state index contributed by atoms with van der Waals surface area (Å²) in [5.74, 6) is 0.0264. The average Bonchev–Trinajstić information content (AvgIpc) is 3.07. The Kier molecular flexibility index (Phi) is 4.03. The van der Waals surface area contributed by atoms with Gasteiger partial charge >= 0.3 is 0 Å². The molecule has 1 aromatic carbocycles. The number of carbonyl (C=O) groups excluding carboxylic acids is 1. The number of methoxy groups -OCH3 is 1. The number of amides is 1. The second-order valence-electron chi connectivity index (χ2n) is 5.43. The van der Waals surface area contributed by atoms with Crippen LogP contribution in [-0.2, 0) is 16.0 Å². The number of benzene rings is 1. The molecule has 110 valence electrons. The Labute approximate surface area is 128 Å². The number of nitrogens with one attached hydrogen (secondary N) is 1. The van der Waals surface area contributed by atoms with Crippen molar-refractivity contribution < 1.29 is 9.53 Å². The van der Waals surface area contributed by atoms with Crippen LogP contribution in [0.3, 0.4) is 0 Å². The number of hydrogen-bond acceptors (Lipinski definition) is 4. The molecule has 1 aliphatic carbocycles. The maximum atomic E-state index is 12.1. The highest BCUT2D eigenvalue weighted by atomic mass is 32.1. The molecule has 21 heavy (non-hydrogen) atoms. The second-order valence-corrected chi connectivity index (χ2v) is 6.37. The molecule has 1 fully saturated rings. The standard InChI is InChI=1S/C16H18N2O2S/c1-20-11-16(7-8-16)18-14(19)9-15-17-13(10-21-15)12-5-3-2-4-6-12/h2-6,10H,7-9,11H2,1H3,(H,18,19). The summed E-state index contributed by atoms with van der Waals surface area (Å²) in [5.41, 5.74) is 1.89. The lowest BCUT2D eigenvalue weighted by molar-refractivity contribution is -0.121. The monoisotopic (exact) mass is 302 g/mol. The van der Waals surface area contributed by atoms with Gasteiger partial charge in [-0.1, -0.05) is 30.3 Å². The highest BCUT2D eigenvalue weighted by Gasteiger charge is 2.44. The van der Waals surface area contributed by atoms with Crippen LogP contribution in [0.25, 0.3) is 11.3 Å². The van der Waals surface area contributed by atoms with Crippen molar-refractivity contribution in [2.75, 3.05) is 13.7 Å². The summed E-state index contributed by atoms with van der Waals surface area (Å²) in [6.07, 6.45) is 2.34. The van der Waals surface area contributed by atoms with Crippen molar-refractivity contribution in [2.45, 2.75) is 24.8 Å². The van der Waals surface area contributed by atoms with Crippen LogP contribution in [0.5, 0.6) is 0 Å². The maximum Gasteiger partial charge on any atom is 0.227 e. The predicted octanol–water partition coefficient (Wildman–Crippen LogP) is 2.65. The van der Waals surface area contributed by atoms with Crippen molar-refractivity contribution in [3.8, 4) is 11.3 Å². The highest BCUT2D eigenvalue weighted by molar-refractivity contribution is 7.10. The van der Waals surface area contributed by atoms with Crippen LogP contribution in [0.1, 0.15) is 17.8 Å². The fourth-order valence-electron chi connectivity index (χ4n) is 2.34. The first-order chi connectivity index (χ1) is 10.2. The van der Waals surface area contributed by atoms with Gasteiger partial charge in [-0.15, -0.1) is 11.3 Å². The maximum absolute atomic E-state index is 12.1. The molecule has 1 N–H and O–H groups in total. The molecular formula is C16H18N2O2S. The van der Waals surface area contributed by atoms with Crippen molar-refractivity contribution in [1.82, 2.24) is 10.3 Å². The third kappa shape index (κ3) is 3.49. The zero-order valence-corrected chi connectivity index (χ0v) is 12.8. The van der Waals surface area contributed by atoms with E-state index in [0.717, 1.165) is 29.1 Å². The number of ether oxygens (including phenoxy) is 1. The SMILES string of the molecule is COCC1(NC(=O)Cc2nc(-c3ccccc3)cs2)CC1. The Morgan fingerprint density at radius 3 is 2.81 bits per heavy atom. The smallest absolute Gasteiger partial charge is 0.227 e. The highest BCUT2D eigenvalue weighted by Crippen LogP contribution is 2.35. The van der Waals surface area contributed by atoms with Crippen molar-refractivity contribution in [3.05, 3.63) is 40.7 Å². The third-order valence-corrected chi connectivity index (χ3v) is 4.46. The molecule has 1 amide bonds. The van der Waals surface area contributed by atoms with Crippen LogP contribution in [0.2, 0.25) is 0 Å². The van der Waals surface area contributed by atoms with Crippen LogP contribution in [-0.4, -0.2) is 30.1 Å². The normalized spacial score (nSPS) is 15.7. The van der Waals surface area contributed by atoms with E-state index in [9.17, 15) is 4.79 Å². The van der Waals surface area contributed by atoms with E-state index in [2.05, 4.69) is 10.3 Å². The van der Waals surface area contributed by atoms with Gasteiger partial charge in [0.1, 0.15) is 5.01 Å². The Bertz CT molecular complexity index is 620. The number of rotatable bonds is 6. The summed E-state index contributed by atoms with van der Waals surface area (Å²) in [5, 5.41) is 5.92. The minimum absolute atomic E-state index is 0.0264. The van der Waals surface area contributed by atoms with Gasteiger partial charge in [-0.3, -0.25) is 4.79 Å². The van der Waals surface area contributed by atoms with Gasteiger partial charge in [0.15, 0.2) is 0 Å². The number of hydrogen-bond donors (Lipinski definition) is 1. The summed E-state index contributed by atoms with van der Waals surface area (Å²) < 4.78 is 5.15. The lowest BCUT2D eigenvalue weighted by Crippen LogP contribution is -2.40. The predicted molar refractivity (Wildman–Crippen MR) is 83.2 cm³/mol. The average molecular weight is 302 g/mol. The van der Waals surface area contributed by atoms with Crippen molar-refractivity contribution in [3.63, 3.8) is 0 Å². The van der Waals surface area contributed by atoms with E-state index in [1.54, 1.807) is 7.11 Å². The number of nitrogens with zero attached hydrogens (tertiary/aromatic N) is 1. The van der Waals surface area contributed by atoms with Gasteiger partial charge in [-0.05, 0) is 12.8 Å². The minimum atomic E-state index is -0.120.